The average molecular weight is 232 g/mol. The second kappa shape index (κ2) is 3.29. The van der Waals surface area contributed by atoms with Gasteiger partial charge in [-0.25, -0.2) is 9.78 Å². The van der Waals surface area contributed by atoms with Crippen LogP contribution >= 0.6 is 0 Å². The lowest BCUT2D eigenvalue weighted by atomic mass is 10.0. The smallest absolute Gasteiger partial charge is 0.336 e. The summed E-state index contributed by atoms with van der Waals surface area (Å²) in [5, 5.41) is 13.7. The first kappa shape index (κ1) is 10.3. The van der Waals surface area contributed by atoms with Crippen LogP contribution in [0, 0.1) is 13.8 Å². The summed E-state index contributed by atoms with van der Waals surface area (Å²) in [5.41, 5.74) is 2.81. The van der Waals surface area contributed by atoms with Crippen molar-refractivity contribution >= 4 is 17.1 Å². The Bertz CT molecular complexity index is 626. The van der Waals surface area contributed by atoms with Crippen LogP contribution in [0.3, 0.4) is 0 Å². The summed E-state index contributed by atoms with van der Waals surface area (Å²) in [4.78, 5) is 15.8. The Hall–Kier alpha value is -1.91. The normalized spacial score (nSPS) is 15.4. The fraction of sp³-hybridized carbons (Fsp3) is 0.417. The zero-order chi connectivity index (χ0) is 12.2. The lowest BCUT2D eigenvalue weighted by molar-refractivity contribution is 0.0698. The molecule has 0 spiro atoms. The van der Waals surface area contributed by atoms with Crippen LogP contribution < -0.4 is 0 Å². The number of aromatic nitrogens is 2. The monoisotopic (exact) mass is 232 g/mol. The summed E-state index contributed by atoms with van der Waals surface area (Å²) in [6, 6.07) is 0. The van der Waals surface area contributed by atoms with E-state index >= 15 is 0 Å². The van der Waals surface area contributed by atoms with Crippen LogP contribution in [0.15, 0.2) is 4.52 Å². The molecule has 5 nitrogen and oxygen atoms in total. The molecule has 0 amide bonds. The number of hydrogen-bond acceptors (Lipinski definition) is 4. The summed E-state index contributed by atoms with van der Waals surface area (Å²) in [6.07, 6.45) is 2.15. The summed E-state index contributed by atoms with van der Waals surface area (Å²) < 4.78 is 5.09. The number of fused-ring (bicyclic) bond motifs is 1. The van der Waals surface area contributed by atoms with Gasteiger partial charge in [-0.2, -0.15) is 0 Å². The highest BCUT2D eigenvalue weighted by Crippen LogP contribution is 2.42. The zero-order valence-electron chi connectivity index (χ0n) is 9.65. The number of carboxylic acids is 1. The minimum absolute atomic E-state index is 0.288. The Balaban J connectivity index is 2.40. The molecule has 2 heterocycles. The first-order chi connectivity index (χ1) is 8.09. The fourth-order valence-electron chi connectivity index (χ4n) is 2.25. The van der Waals surface area contributed by atoms with Gasteiger partial charge in [0.05, 0.1) is 22.3 Å². The van der Waals surface area contributed by atoms with Crippen molar-refractivity contribution < 1.29 is 14.4 Å². The van der Waals surface area contributed by atoms with Crippen LogP contribution in [0.25, 0.3) is 11.1 Å². The van der Waals surface area contributed by atoms with Crippen molar-refractivity contribution in [1.82, 2.24) is 10.1 Å². The molecule has 2 aromatic rings. The van der Waals surface area contributed by atoms with E-state index in [1.54, 1.807) is 6.92 Å². The third kappa shape index (κ3) is 1.42. The van der Waals surface area contributed by atoms with Crippen molar-refractivity contribution in [2.75, 3.05) is 0 Å². The standard InChI is InChI=1S/C12H12N2O3/c1-5-8(12(15)16)9-6(2)14-17-11(9)13-10(5)7-3-4-7/h7H,3-4H2,1-2H3,(H,15,16). The molecule has 0 saturated heterocycles. The Labute approximate surface area is 97.4 Å². The van der Waals surface area contributed by atoms with Gasteiger partial charge in [0.1, 0.15) is 0 Å². The molecule has 1 aliphatic carbocycles. The maximum absolute atomic E-state index is 11.4. The van der Waals surface area contributed by atoms with E-state index in [0.717, 1.165) is 24.1 Å². The second-order valence-electron chi connectivity index (χ2n) is 4.52. The average Bonchev–Trinajstić information content (AvgIpc) is 3.04. The SMILES string of the molecule is Cc1c(C2CC2)nc2onc(C)c2c1C(=O)O. The van der Waals surface area contributed by atoms with E-state index in [2.05, 4.69) is 10.1 Å². The van der Waals surface area contributed by atoms with Crippen LogP contribution in [0.5, 0.6) is 0 Å². The van der Waals surface area contributed by atoms with Crippen molar-refractivity contribution in [2.45, 2.75) is 32.6 Å². The van der Waals surface area contributed by atoms with Crippen molar-refractivity contribution in [3.63, 3.8) is 0 Å². The van der Waals surface area contributed by atoms with Crippen molar-refractivity contribution in [3.05, 3.63) is 22.5 Å². The number of carboxylic acid groups (broad SMARTS) is 1. The molecular weight excluding hydrogens is 220 g/mol. The highest BCUT2D eigenvalue weighted by Gasteiger charge is 2.31. The number of aryl methyl sites for hydroxylation is 1. The molecule has 3 rings (SSSR count). The molecule has 0 atom stereocenters. The third-order valence-electron chi connectivity index (χ3n) is 3.25. The fourth-order valence-corrected chi connectivity index (χ4v) is 2.25. The Kier molecular flexibility index (Phi) is 1.98. The van der Waals surface area contributed by atoms with Gasteiger partial charge in [0.2, 0.25) is 0 Å². The van der Waals surface area contributed by atoms with Gasteiger partial charge < -0.3 is 9.63 Å². The van der Waals surface area contributed by atoms with Gasteiger partial charge in [0.25, 0.3) is 5.71 Å². The van der Waals surface area contributed by atoms with Gasteiger partial charge in [-0.15, -0.1) is 0 Å². The first-order valence-electron chi connectivity index (χ1n) is 5.59. The van der Waals surface area contributed by atoms with Crippen LogP contribution in [-0.2, 0) is 0 Å². The molecular formula is C12H12N2O3. The molecule has 1 aliphatic rings. The van der Waals surface area contributed by atoms with E-state index in [4.69, 9.17) is 4.52 Å². The third-order valence-corrected chi connectivity index (χ3v) is 3.25. The minimum atomic E-state index is -0.942. The van der Waals surface area contributed by atoms with Gasteiger partial charge >= 0.3 is 5.97 Å². The molecule has 2 aromatic heterocycles. The molecule has 0 bridgehead atoms. The van der Waals surface area contributed by atoms with E-state index in [9.17, 15) is 9.90 Å². The van der Waals surface area contributed by atoms with Crippen LogP contribution in [0.1, 0.15) is 46.1 Å². The van der Waals surface area contributed by atoms with Crippen molar-refractivity contribution in [1.29, 1.82) is 0 Å². The Morgan fingerprint density at radius 3 is 2.71 bits per heavy atom. The summed E-state index contributed by atoms with van der Waals surface area (Å²) in [5.74, 6) is -0.550. The maximum atomic E-state index is 11.4. The molecule has 1 fully saturated rings. The highest BCUT2D eigenvalue weighted by atomic mass is 16.5. The Morgan fingerprint density at radius 2 is 2.12 bits per heavy atom. The number of aromatic carboxylic acids is 1. The topological polar surface area (TPSA) is 76.2 Å². The maximum Gasteiger partial charge on any atom is 0.336 e. The zero-order valence-corrected chi connectivity index (χ0v) is 9.65. The number of nitrogens with zero attached hydrogens (tertiary/aromatic N) is 2. The summed E-state index contributed by atoms with van der Waals surface area (Å²) >= 11 is 0. The van der Waals surface area contributed by atoms with E-state index < -0.39 is 5.97 Å². The van der Waals surface area contributed by atoms with E-state index in [-0.39, 0.29) is 5.56 Å². The molecule has 1 saturated carbocycles. The van der Waals surface area contributed by atoms with Crippen LogP contribution in [0.2, 0.25) is 0 Å². The quantitative estimate of drug-likeness (QED) is 0.860. The summed E-state index contributed by atoms with van der Waals surface area (Å²) in [6.45, 7) is 3.55. The highest BCUT2D eigenvalue weighted by molar-refractivity contribution is 6.03. The molecule has 0 aliphatic heterocycles. The predicted octanol–water partition coefficient (Wildman–Crippen LogP) is 2.42. The van der Waals surface area contributed by atoms with E-state index in [1.807, 2.05) is 6.92 Å². The number of pyridine rings is 1. The molecule has 88 valence electrons. The minimum Gasteiger partial charge on any atom is -0.478 e. The van der Waals surface area contributed by atoms with Gasteiger partial charge in [-0.05, 0) is 32.3 Å². The Morgan fingerprint density at radius 1 is 1.41 bits per heavy atom. The van der Waals surface area contributed by atoms with Crippen molar-refractivity contribution in [3.8, 4) is 0 Å². The molecule has 5 heteroatoms. The number of carbonyl (C=O) groups is 1. The van der Waals surface area contributed by atoms with Gasteiger partial charge in [0, 0.05) is 5.92 Å². The predicted molar refractivity (Wildman–Crippen MR) is 60.2 cm³/mol. The van der Waals surface area contributed by atoms with Gasteiger partial charge in [0.15, 0.2) is 0 Å². The second-order valence-corrected chi connectivity index (χ2v) is 4.52. The van der Waals surface area contributed by atoms with Gasteiger partial charge in [-0.1, -0.05) is 5.16 Å². The van der Waals surface area contributed by atoms with E-state index in [1.165, 1.54) is 0 Å². The summed E-state index contributed by atoms with van der Waals surface area (Å²) in [7, 11) is 0. The van der Waals surface area contributed by atoms with E-state index in [0.29, 0.717) is 22.7 Å². The largest absolute Gasteiger partial charge is 0.478 e. The number of rotatable bonds is 2. The van der Waals surface area contributed by atoms with Crippen LogP contribution in [0.4, 0.5) is 0 Å². The first-order valence-corrected chi connectivity index (χ1v) is 5.59. The van der Waals surface area contributed by atoms with Gasteiger partial charge in [-0.3, -0.25) is 0 Å². The molecule has 0 radical (unpaired) electrons. The molecule has 0 aromatic carbocycles. The lowest BCUT2D eigenvalue weighted by Gasteiger charge is -2.07. The van der Waals surface area contributed by atoms with Crippen LogP contribution in [-0.4, -0.2) is 21.2 Å². The lowest BCUT2D eigenvalue weighted by Crippen LogP contribution is -2.06. The van der Waals surface area contributed by atoms with Crippen molar-refractivity contribution in [2.24, 2.45) is 0 Å². The molecule has 0 unspecified atom stereocenters. The molecule has 17 heavy (non-hydrogen) atoms. The number of hydrogen-bond donors (Lipinski definition) is 1. The molecule has 1 N–H and O–H groups in total.